The molecule has 0 radical (unpaired) electrons. The van der Waals surface area contributed by atoms with Crippen LogP contribution in [0.25, 0.3) is 0 Å². The monoisotopic (exact) mass is 344 g/mol. The van der Waals surface area contributed by atoms with Gasteiger partial charge in [-0.1, -0.05) is 41.5 Å². The molecule has 0 bridgehead atoms. The molecule has 3 fully saturated rings. The number of amides is 2. The smallest absolute Gasteiger partial charge is 0.315 e. The Labute approximate surface area is 144 Å². The summed E-state index contributed by atoms with van der Waals surface area (Å²) in [4.78, 5) is 11.1. The summed E-state index contributed by atoms with van der Waals surface area (Å²) < 4.78 is 0. The Morgan fingerprint density at radius 1 is 1.00 bits per heavy atom. The number of thioether (sulfide) groups is 2. The van der Waals surface area contributed by atoms with Crippen LogP contribution in [0.3, 0.4) is 0 Å². The van der Waals surface area contributed by atoms with Crippen molar-refractivity contribution in [2.24, 2.45) is 10.8 Å². The first kappa shape index (κ1) is 18.3. The van der Waals surface area contributed by atoms with E-state index < -0.39 is 0 Å². The highest BCUT2D eigenvalue weighted by atomic mass is 32.2. The van der Waals surface area contributed by atoms with Crippen molar-refractivity contribution >= 4 is 29.6 Å². The molecule has 22 heavy (non-hydrogen) atoms. The summed E-state index contributed by atoms with van der Waals surface area (Å²) in [6.45, 7) is 13.7. The van der Waals surface area contributed by atoms with Crippen LogP contribution in [0, 0.1) is 10.8 Å². The topological polar surface area (TPSA) is 41.1 Å². The van der Waals surface area contributed by atoms with Gasteiger partial charge in [0.05, 0.1) is 12.1 Å². The summed E-state index contributed by atoms with van der Waals surface area (Å²) in [6, 6.07) is 0.684. The SMILES string of the molecule is CC(C)(C)C1CCCS1.CC(C)(C)C1SCC2NC(=O)NC21. The van der Waals surface area contributed by atoms with Gasteiger partial charge in [-0.2, -0.15) is 23.5 Å². The zero-order valence-corrected chi connectivity index (χ0v) is 16.5. The summed E-state index contributed by atoms with van der Waals surface area (Å²) in [6.07, 6.45) is 2.88. The molecule has 5 heteroatoms. The molecule has 0 spiro atoms. The first-order valence-electron chi connectivity index (χ1n) is 8.39. The summed E-state index contributed by atoms with van der Waals surface area (Å²) in [7, 11) is 0. The van der Waals surface area contributed by atoms with Crippen LogP contribution >= 0.6 is 23.5 Å². The second kappa shape index (κ2) is 6.84. The van der Waals surface area contributed by atoms with E-state index in [-0.39, 0.29) is 11.4 Å². The molecule has 3 rings (SSSR count). The predicted octanol–water partition coefficient (Wildman–Crippen LogP) is 4.13. The van der Waals surface area contributed by atoms with Crippen LogP contribution in [0.15, 0.2) is 0 Å². The summed E-state index contributed by atoms with van der Waals surface area (Å²) in [5, 5.41) is 7.42. The van der Waals surface area contributed by atoms with Gasteiger partial charge < -0.3 is 10.6 Å². The second-order valence-electron chi connectivity index (χ2n) is 8.74. The van der Waals surface area contributed by atoms with Gasteiger partial charge in [0.25, 0.3) is 0 Å². The van der Waals surface area contributed by atoms with Gasteiger partial charge in [-0.15, -0.1) is 0 Å². The minimum atomic E-state index is 0.00421. The lowest BCUT2D eigenvalue weighted by Crippen LogP contribution is -2.42. The molecular weight excluding hydrogens is 312 g/mol. The molecule has 4 unspecified atom stereocenters. The molecule has 3 nitrogen and oxygen atoms in total. The van der Waals surface area contributed by atoms with Crippen LogP contribution in [0.1, 0.15) is 54.4 Å². The Kier molecular flexibility index (Phi) is 5.69. The number of nitrogens with one attached hydrogen (secondary N) is 2. The first-order valence-corrected chi connectivity index (χ1v) is 10.5. The number of urea groups is 1. The normalized spacial score (nSPS) is 34.5. The van der Waals surface area contributed by atoms with Crippen molar-refractivity contribution in [1.82, 2.24) is 10.6 Å². The van der Waals surface area contributed by atoms with Gasteiger partial charge >= 0.3 is 6.03 Å². The number of hydrogen-bond acceptors (Lipinski definition) is 3. The quantitative estimate of drug-likeness (QED) is 0.649. The summed E-state index contributed by atoms with van der Waals surface area (Å²) in [5.41, 5.74) is 0.810. The Hall–Kier alpha value is -0.0300. The van der Waals surface area contributed by atoms with Gasteiger partial charge in [0.15, 0.2) is 0 Å². The summed E-state index contributed by atoms with van der Waals surface area (Å²) >= 11 is 4.12. The largest absolute Gasteiger partial charge is 0.332 e. The highest BCUT2D eigenvalue weighted by Gasteiger charge is 2.47. The van der Waals surface area contributed by atoms with Gasteiger partial charge in [0, 0.05) is 16.3 Å². The van der Waals surface area contributed by atoms with E-state index >= 15 is 0 Å². The number of carbonyl (C=O) groups excluding carboxylic acids is 1. The van der Waals surface area contributed by atoms with Crippen LogP contribution in [0.2, 0.25) is 0 Å². The molecule has 3 aliphatic rings. The maximum absolute atomic E-state index is 11.1. The molecule has 3 saturated heterocycles. The Morgan fingerprint density at radius 3 is 2.14 bits per heavy atom. The van der Waals surface area contributed by atoms with E-state index in [1.807, 2.05) is 11.8 Å². The molecule has 0 saturated carbocycles. The van der Waals surface area contributed by atoms with E-state index in [9.17, 15) is 4.79 Å². The lowest BCUT2D eigenvalue weighted by Gasteiger charge is -2.30. The minimum Gasteiger partial charge on any atom is -0.332 e. The molecule has 3 heterocycles. The van der Waals surface area contributed by atoms with E-state index in [1.54, 1.807) is 0 Å². The van der Waals surface area contributed by atoms with Gasteiger partial charge in [-0.3, -0.25) is 0 Å². The van der Waals surface area contributed by atoms with E-state index in [0.717, 1.165) is 11.0 Å². The molecule has 0 aromatic rings. The molecule has 0 aromatic carbocycles. The molecule has 2 N–H and O–H groups in total. The van der Waals surface area contributed by atoms with Gasteiger partial charge in [-0.05, 0) is 29.4 Å². The maximum Gasteiger partial charge on any atom is 0.315 e. The molecule has 0 aliphatic carbocycles. The second-order valence-corrected chi connectivity index (χ2v) is 11.2. The highest BCUT2D eigenvalue weighted by Crippen LogP contribution is 2.41. The third-order valence-corrected chi connectivity index (χ3v) is 8.36. The van der Waals surface area contributed by atoms with Crippen LogP contribution in [0.5, 0.6) is 0 Å². The van der Waals surface area contributed by atoms with Gasteiger partial charge in [0.2, 0.25) is 0 Å². The Bertz CT molecular complexity index is 394. The third kappa shape index (κ3) is 4.50. The van der Waals surface area contributed by atoms with Crippen molar-refractivity contribution in [3.05, 3.63) is 0 Å². The van der Waals surface area contributed by atoms with Crippen LogP contribution in [-0.2, 0) is 0 Å². The fourth-order valence-corrected chi connectivity index (χ4v) is 6.47. The van der Waals surface area contributed by atoms with E-state index in [2.05, 4.69) is 63.9 Å². The highest BCUT2D eigenvalue weighted by molar-refractivity contribution is 8.00. The molecule has 4 atom stereocenters. The summed E-state index contributed by atoms with van der Waals surface area (Å²) in [5.74, 6) is 2.44. The van der Waals surface area contributed by atoms with Gasteiger partial charge in [0.1, 0.15) is 0 Å². The van der Waals surface area contributed by atoms with Gasteiger partial charge in [-0.25, -0.2) is 4.79 Å². The zero-order chi connectivity index (χ0) is 16.5. The van der Waals surface area contributed by atoms with Crippen molar-refractivity contribution in [2.45, 2.75) is 77.0 Å². The van der Waals surface area contributed by atoms with Crippen molar-refractivity contribution in [3.63, 3.8) is 0 Å². The number of carbonyl (C=O) groups is 1. The number of fused-ring (bicyclic) bond motifs is 1. The van der Waals surface area contributed by atoms with Crippen LogP contribution in [-0.4, -0.2) is 40.1 Å². The van der Waals surface area contributed by atoms with E-state index in [1.165, 1.54) is 18.6 Å². The fraction of sp³-hybridized carbons (Fsp3) is 0.941. The van der Waals surface area contributed by atoms with E-state index in [4.69, 9.17) is 0 Å². The molecule has 2 amide bonds. The third-order valence-electron chi connectivity index (χ3n) is 4.58. The first-order chi connectivity index (χ1) is 10.1. The standard InChI is InChI=1S/C9H16N2OS.C8H16S/c1-9(2,3)7-6-5(4-13-7)10-8(12)11-6;1-8(2,3)7-5-4-6-9-7/h5-7H,4H2,1-3H3,(H2,10,11,12);7H,4-6H2,1-3H3. The van der Waals surface area contributed by atoms with Crippen LogP contribution < -0.4 is 10.6 Å². The molecule has 128 valence electrons. The predicted molar refractivity (Wildman–Crippen MR) is 99.9 cm³/mol. The lowest BCUT2D eigenvalue weighted by atomic mass is 9.86. The Balaban J connectivity index is 0.000000172. The zero-order valence-electron chi connectivity index (χ0n) is 14.9. The molecular formula is C17H32N2OS2. The maximum atomic E-state index is 11.1. The minimum absolute atomic E-state index is 0.00421. The lowest BCUT2D eigenvalue weighted by molar-refractivity contribution is 0.246. The Morgan fingerprint density at radius 2 is 1.68 bits per heavy atom. The van der Waals surface area contributed by atoms with Crippen molar-refractivity contribution in [3.8, 4) is 0 Å². The molecule has 0 aromatic heterocycles. The van der Waals surface area contributed by atoms with Crippen molar-refractivity contribution in [1.29, 1.82) is 0 Å². The van der Waals surface area contributed by atoms with Crippen molar-refractivity contribution < 1.29 is 4.79 Å². The number of rotatable bonds is 0. The molecule has 3 aliphatic heterocycles. The van der Waals surface area contributed by atoms with Crippen LogP contribution in [0.4, 0.5) is 4.79 Å². The average Bonchev–Trinajstić information content (AvgIpc) is 2.99. The number of hydrogen-bond donors (Lipinski definition) is 2. The van der Waals surface area contributed by atoms with Crippen molar-refractivity contribution in [2.75, 3.05) is 11.5 Å². The average molecular weight is 345 g/mol. The van der Waals surface area contributed by atoms with E-state index in [0.29, 0.717) is 22.7 Å². The fourth-order valence-electron chi connectivity index (χ4n) is 3.34.